The summed E-state index contributed by atoms with van der Waals surface area (Å²) in [5.41, 5.74) is 0.477. The van der Waals surface area contributed by atoms with Crippen molar-refractivity contribution in [1.29, 1.82) is 0 Å². The molecule has 0 bridgehead atoms. The van der Waals surface area contributed by atoms with Crippen LogP contribution in [0.25, 0.3) is 5.76 Å². The zero-order chi connectivity index (χ0) is 22.7. The number of benzene rings is 2. The fraction of sp³-hybridized carbons (Fsp3) is 0.227. The highest BCUT2D eigenvalue weighted by Crippen LogP contribution is 2.43. The highest BCUT2D eigenvalue weighted by atomic mass is 35.5. The van der Waals surface area contributed by atoms with Crippen molar-refractivity contribution in [2.75, 3.05) is 20.8 Å². The number of carbonyl (C=O) groups excluding carboxylic acids is 3. The summed E-state index contributed by atoms with van der Waals surface area (Å²) >= 11 is 5.90. The van der Waals surface area contributed by atoms with Gasteiger partial charge in [0.1, 0.15) is 17.3 Å². The van der Waals surface area contributed by atoms with E-state index in [9.17, 15) is 24.6 Å². The lowest BCUT2D eigenvalue weighted by Gasteiger charge is -2.27. The molecule has 0 radical (unpaired) electrons. The maximum absolute atomic E-state index is 12.9. The number of ether oxygens (including phenoxy) is 2. The molecule has 1 fully saturated rings. The molecule has 0 unspecified atom stereocenters. The third kappa shape index (κ3) is 4.34. The molecule has 2 aromatic carbocycles. The van der Waals surface area contributed by atoms with Crippen molar-refractivity contribution in [3.05, 3.63) is 64.2 Å². The van der Waals surface area contributed by atoms with Gasteiger partial charge in [-0.3, -0.25) is 9.59 Å². The predicted octanol–water partition coefficient (Wildman–Crippen LogP) is 1.92. The molecule has 1 aliphatic rings. The van der Waals surface area contributed by atoms with Crippen molar-refractivity contribution in [2.24, 2.45) is 0 Å². The average Bonchev–Trinajstić information content (AvgIpc) is 3.01. The quantitative estimate of drug-likeness (QED) is 0.394. The number of Topliss-reactive ketones (excluding diaryl/α,β-unsaturated/α-hetero) is 1. The Bertz CT molecular complexity index is 1060. The van der Waals surface area contributed by atoms with Crippen LogP contribution in [-0.4, -0.2) is 48.4 Å². The van der Waals surface area contributed by atoms with Crippen LogP contribution in [-0.2, 0) is 14.4 Å². The summed E-state index contributed by atoms with van der Waals surface area (Å²) in [6.45, 7) is -0.288. The highest BCUT2D eigenvalue weighted by Gasteiger charge is 2.46. The van der Waals surface area contributed by atoms with Crippen LogP contribution in [0.2, 0.25) is 5.02 Å². The minimum atomic E-state index is -1.37. The molecule has 0 saturated carbocycles. The largest absolute Gasteiger partial charge is 0.550 e. The van der Waals surface area contributed by atoms with Crippen LogP contribution in [0, 0.1) is 0 Å². The molecule has 1 heterocycles. The van der Waals surface area contributed by atoms with Crippen LogP contribution in [0.15, 0.2) is 48.0 Å². The number of likely N-dealkylation sites (tertiary alicyclic amines) is 1. The van der Waals surface area contributed by atoms with Crippen LogP contribution in [0.3, 0.4) is 0 Å². The molecular formula is C22H19ClNO7-. The summed E-state index contributed by atoms with van der Waals surface area (Å²) in [5.74, 6) is -2.88. The van der Waals surface area contributed by atoms with Gasteiger partial charge in [-0.25, -0.2) is 0 Å². The lowest BCUT2D eigenvalue weighted by molar-refractivity contribution is -0.305. The van der Waals surface area contributed by atoms with Gasteiger partial charge in [0, 0.05) is 41.2 Å². The normalized spacial score (nSPS) is 17.6. The van der Waals surface area contributed by atoms with Crippen LogP contribution < -0.4 is 14.6 Å². The minimum absolute atomic E-state index is 0.186. The Kier molecular flexibility index (Phi) is 6.50. The maximum Gasteiger partial charge on any atom is 0.295 e. The highest BCUT2D eigenvalue weighted by molar-refractivity contribution is 6.46. The number of carboxylic acids is 1. The van der Waals surface area contributed by atoms with Gasteiger partial charge in [0.25, 0.3) is 11.7 Å². The number of aliphatic hydroxyl groups is 1. The molecule has 8 nitrogen and oxygen atoms in total. The number of aliphatic carboxylic acids is 1. The minimum Gasteiger partial charge on any atom is -0.550 e. The first-order valence-corrected chi connectivity index (χ1v) is 9.62. The van der Waals surface area contributed by atoms with E-state index in [1.807, 2.05) is 0 Å². The Morgan fingerprint density at radius 2 is 1.81 bits per heavy atom. The summed E-state index contributed by atoms with van der Waals surface area (Å²) in [4.78, 5) is 37.7. The Morgan fingerprint density at radius 3 is 2.39 bits per heavy atom. The smallest absolute Gasteiger partial charge is 0.295 e. The SMILES string of the molecule is COc1ccc([C@H]2C(=C(O)c3ccc(Cl)cc3)C(=O)C(=O)N2CCC(=O)[O-])c(OC)c1. The van der Waals surface area contributed by atoms with Crippen LogP contribution in [0.4, 0.5) is 0 Å². The van der Waals surface area contributed by atoms with Crippen molar-refractivity contribution >= 4 is 35.0 Å². The third-order valence-corrected chi connectivity index (χ3v) is 5.20. The molecule has 1 saturated heterocycles. The monoisotopic (exact) mass is 444 g/mol. The van der Waals surface area contributed by atoms with Crippen molar-refractivity contribution in [3.63, 3.8) is 0 Å². The zero-order valence-corrected chi connectivity index (χ0v) is 17.5. The van der Waals surface area contributed by atoms with Crippen LogP contribution >= 0.6 is 11.6 Å². The summed E-state index contributed by atoms with van der Waals surface area (Å²) < 4.78 is 10.6. The number of nitrogens with zero attached hydrogens (tertiary/aromatic N) is 1. The number of carboxylic acid groups (broad SMARTS) is 1. The second-order valence-corrected chi connectivity index (χ2v) is 7.17. The van der Waals surface area contributed by atoms with E-state index >= 15 is 0 Å². The van der Waals surface area contributed by atoms with Crippen molar-refractivity contribution in [2.45, 2.75) is 12.5 Å². The Labute approximate surface area is 183 Å². The first-order chi connectivity index (χ1) is 14.8. The Morgan fingerprint density at radius 1 is 1.13 bits per heavy atom. The average molecular weight is 445 g/mol. The number of amides is 1. The molecular weight excluding hydrogens is 426 g/mol. The van der Waals surface area contributed by atoms with Gasteiger partial charge in [-0.15, -0.1) is 0 Å². The van der Waals surface area contributed by atoms with Crippen molar-refractivity contribution < 1.29 is 34.1 Å². The first kappa shape index (κ1) is 22.2. The summed E-state index contributed by atoms with van der Waals surface area (Å²) in [6.07, 6.45) is -0.483. The number of carbonyl (C=O) groups is 3. The summed E-state index contributed by atoms with van der Waals surface area (Å²) in [6, 6.07) is 9.78. The second kappa shape index (κ2) is 9.09. The summed E-state index contributed by atoms with van der Waals surface area (Å²) in [5, 5.41) is 22.4. The number of ketones is 1. The third-order valence-electron chi connectivity index (χ3n) is 4.95. The van der Waals surface area contributed by atoms with Crippen LogP contribution in [0.5, 0.6) is 11.5 Å². The fourth-order valence-corrected chi connectivity index (χ4v) is 3.58. The molecule has 3 rings (SSSR count). The number of methoxy groups -OCH3 is 2. The molecule has 1 aliphatic heterocycles. The fourth-order valence-electron chi connectivity index (χ4n) is 3.45. The van der Waals surface area contributed by atoms with E-state index in [-0.39, 0.29) is 17.7 Å². The molecule has 2 aromatic rings. The van der Waals surface area contributed by atoms with E-state index in [0.29, 0.717) is 22.1 Å². The number of aliphatic hydroxyl groups excluding tert-OH is 1. The van der Waals surface area contributed by atoms with E-state index in [0.717, 1.165) is 4.90 Å². The van der Waals surface area contributed by atoms with E-state index in [2.05, 4.69) is 0 Å². The first-order valence-electron chi connectivity index (χ1n) is 9.24. The molecule has 1 amide bonds. The molecule has 9 heteroatoms. The number of rotatable bonds is 7. The predicted molar refractivity (Wildman–Crippen MR) is 110 cm³/mol. The molecule has 162 valence electrons. The van der Waals surface area contributed by atoms with Gasteiger partial charge in [-0.1, -0.05) is 11.6 Å². The Hall–Kier alpha value is -3.52. The maximum atomic E-state index is 12.9. The van der Waals surface area contributed by atoms with E-state index in [1.165, 1.54) is 38.5 Å². The summed E-state index contributed by atoms with van der Waals surface area (Å²) in [7, 11) is 2.88. The van der Waals surface area contributed by atoms with Gasteiger partial charge in [0.2, 0.25) is 0 Å². The molecule has 31 heavy (non-hydrogen) atoms. The number of halogens is 1. The molecule has 0 spiro atoms. The van der Waals surface area contributed by atoms with Gasteiger partial charge in [0.15, 0.2) is 0 Å². The second-order valence-electron chi connectivity index (χ2n) is 6.73. The zero-order valence-electron chi connectivity index (χ0n) is 16.8. The topological polar surface area (TPSA) is 116 Å². The number of hydrogen-bond acceptors (Lipinski definition) is 7. The van der Waals surface area contributed by atoms with E-state index in [1.54, 1.807) is 18.2 Å². The Balaban J connectivity index is 2.21. The van der Waals surface area contributed by atoms with Gasteiger partial charge >= 0.3 is 0 Å². The van der Waals surface area contributed by atoms with Gasteiger partial charge in [0.05, 0.1) is 25.8 Å². The number of hydrogen-bond donors (Lipinski definition) is 1. The van der Waals surface area contributed by atoms with Gasteiger partial charge in [-0.05, 0) is 36.4 Å². The molecule has 1 atom stereocenters. The van der Waals surface area contributed by atoms with Crippen molar-refractivity contribution in [3.8, 4) is 11.5 Å². The lowest BCUT2D eigenvalue weighted by Crippen LogP contribution is -2.34. The van der Waals surface area contributed by atoms with E-state index < -0.39 is 35.9 Å². The van der Waals surface area contributed by atoms with E-state index in [4.69, 9.17) is 21.1 Å². The van der Waals surface area contributed by atoms with Gasteiger partial charge < -0.3 is 29.4 Å². The standard InChI is InChI=1S/C22H20ClNO7/c1-30-14-7-8-15(16(11-14)31-2)19-18(20(27)12-3-5-13(23)6-4-12)21(28)22(29)24(19)10-9-17(25)26/h3-8,11,19,27H,9-10H2,1-2H3,(H,25,26)/p-1/t19-/m0/s1. The van der Waals surface area contributed by atoms with Gasteiger partial charge in [-0.2, -0.15) is 0 Å². The molecule has 0 aromatic heterocycles. The van der Waals surface area contributed by atoms with Crippen LogP contribution in [0.1, 0.15) is 23.6 Å². The van der Waals surface area contributed by atoms with Crippen molar-refractivity contribution in [1.82, 2.24) is 4.90 Å². The molecule has 1 N–H and O–H groups in total. The lowest BCUT2D eigenvalue weighted by atomic mass is 9.94. The molecule has 0 aliphatic carbocycles.